The van der Waals surface area contributed by atoms with Crippen LogP contribution in [0.3, 0.4) is 0 Å². The van der Waals surface area contributed by atoms with Crippen LogP contribution in [0.1, 0.15) is 6.42 Å². The van der Waals surface area contributed by atoms with Crippen molar-refractivity contribution in [1.82, 2.24) is 9.55 Å². The monoisotopic (exact) mass is 510 g/mol. The van der Waals surface area contributed by atoms with Crippen LogP contribution in [0, 0.1) is 0 Å². The van der Waals surface area contributed by atoms with Gasteiger partial charge in [0, 0.05) is 16.5 Å². The van der Waals surface area contributed by atoms with E-state index in [9.17, 15) is 0 Å². The molecule has 0 atom stereocenters. The number of hydrogen-bond acceptors (Lipinski definition) is 1. The van der Waals surface area contributed by atoms with Crippen LogP contribution in [0.4, 0.5) is 0 Å². The highest BCUT2D eigenvalue weighted by molar-refractivity contribution is 9.10. The van der Waals surface area contributed by atoms with Gasteiger partial charge in [-0.2, -0.15) is 4.40 Å². The molecular weight excluding hydrogens is 487 g/mol. The van der Waals surface area contributed by atoms with Crippen molar-refractivity contribution in [3.8, 4) is 11.3 Å². The van der Waals surface area contributed by atoms with E-state index >= 15 is 0 Å². The molecule has 4 aromatic rings. The Morgan fingerprint density at radius 3 is 2.53 bits per heavy atom. The Balaban J connectivity index is 0.00000128. The number of ether oxygens (including phenoxy) is 1. The molecule has 2 N–H and O–H groups in total. The summed E-state index contributed by atoms with van der Waals surface area (Å²) in [5, 5.41) is 0. The van der Waals surface area contributed by atoms with Crippen LogP contribution < -0.4 is 34.1 Å². The summed E-state index contributed by atoms with van der Waals surface area (Å²) in [5.74, 6) is 1.15. The summed E-state index contributed by atoms with van der Waals surface area (Å²) in [5.41, 5.74) is 4.88. The van der Waals surface area contributed by atoms with Crippen molar-refractivity contribution in [2.24, 2.45) is 0 Å². The number of nitrogens with one attached hydrogen (secondary N) is 2. The first-order valence-corrected chi connectivity index (χ1v) is 10.8. The number of halogens is 3. The Kier molecular flexibility index (Phi) is 7.82. The van der Waals surface area contributed by atoms with E-state index in [0.717, 1.165) is 49.5 Å². The molecule has 1 fully saturated rings. The summed E-state index contributed by atoms with van der Waals surface area (Å²) >= 11 is 3.55. The second kappa shape index (κ2) is 10.2. The number of imidazole rings is 2. The van der Waals surface area contributed by atoms with Crippen LogP contribution in [0.25, 0.3) is 28.1 Å². The molecule has 1 saturated heterocycles. The fraction of sp³-hybridized carbons (Fsp3) is 0.318. The zero-order chi connectivity index (χ0) is 18.9. The number of morpholine rings is 1. The van der Waals surface area contributed by atoms with Crippen molar-refractivity contribution in [2.75, 3.05) is 32.8 Å². The Morgan fingerprint density at radius 2 is 1.77 bits per heavy atom. The van der Waals surface area contributed by atoms with Gasteiger partial charge in [0.15, 0.2) is 0 Å². The van der Waals surface area contributed by atoms with Crippen molar-refractivity contribution < 1.29 is 38.9 Å². The predicted molar refractivity (Wildman–Crippen MR) is 114 cm³/mol. The lowest BCUT2D eigenvalue weighted by molar-refractivity contribution is -0.908. The number of nitrogens with zero attached hydrogens (tertiary/aromatic N) is 2. The number of benzene rings is 2. The molecule has 2 aromatic heterocycles. The van der Waals surface area contributed by atoms with E-state index in [0.29, 0.717) is 0 Å². The number of aromatic nitrogens is 3. The molecule has 0 unspecified atom stereocenters. The van der Waals surface area contributed by atoms with E-state index in [1.165, 1.54) is 28.8 Å². The minimum Gasteiger partial charge on any atom is -1.00 e. The van der Waals surface area contributed by atoms with Crippen LogP contribution >= 0.6 is 15.9 Å². The first kappa shape index (κ1) is 23.1. The largest absolute Gasteiger partial charge is 1.00 e. The van der Waals surface area contributed by atoms with Crippen molar-refractivity contribution in [3.05, 3.63) is 59.2 Å². The molecular formula is C22H25BrCl2N4O. The number of hydrogen-bond donors (Lipinski definition) is 2. The number of quaternary nitrogens is 1. The molecule has 3 heterocycles. The highest BCUT2D eigenvalue weighted by Crippen LogP contribution is 2.24. The predicted octanol–water partition coefficient (Wildman–Crippen LogP) is -3.55. The fourth-order valence-electron chi connectivity index (χ4n) is 4.19. The van der Waals surface area contributed by atoms with Gasteiger partial charge in [0.1, 0.15) is 36.0 Å². The highest BCUT2D eigenvalue weighted by atomic mass is 79.9. The minimum absolute atomic E-state index is 0. The first-order chi connectivity index (χ1) is 13.8. The van der Waals surface area contributed by atoms with Gasteiger partial charge in [-0.1, -0.05) is 40.2 Å². The third-order valence-corrected chi connectivity index (χ3v) is 6.22. The summed E-state index contributed by atoms with van der Waals surface area (Å²) in [4.78, 5) is 5.28. The number of rotatable bonds is 5. The van der Waals surface area contributed by atoms with Gasteiger partial charge in [0.25, 0.3) is 0 Å². The first-order valence-electron chi connectivity index (χ1n) is 9.98. The topological polar surface area (TPSA) is 38.5 Å². The average molecular weight is 512 g/mol. The van der Waals surface area contributed by atoms with Crippen LogP contribution in [-0.4, -0.2) is 42.4 Å². The van der Waals surface area contributed by atoms with Crippen molar-refractivity contribution in [1.29, 1.82) is 0 Å². The fourth-order valence-corrected chi connectivity index (χ4v) is 4.46. The molecule has 1 aliphatic rings. The third-order valence-electron chi connectivity index (χ3n) is 5.69. The lowest BCUT2D eigenvalue weighted by Crippen LogP contribution is -3.14. The molecule has 0 bridgehead atoms. The van der Waals surface area contributed by atoms with Crippen LogP contribution in [0.15, 0.2) is 59.2 Å². The molecule has 30 heavy (non-hydrogen) atoms. The summed E-state index contributed by atoms with van der Waals surface area (Å²) in [6.07, 6.45) is 3.41. The zero-order valence-corrected chi connectivity index (χ0v) is 19.7. The highest BCUT2D eigenvalue weighted by Gasteiger charge is 2.22. The molecule has 0 amide bonds. The van der Waals surface area contributed by atoms with Gasteiger partial charge < -0.3 is 34.5 Å². The van der Waals surface area contributed by atoms with Gasteiger partial charge in [-0.3, -0.25) is 0 Å². The Hall–Kier alpha value is -1.57. The van der Waals surface area contributed by atoms with E-state index in [4.69, 9.17) is 4.74 Å². The lowest BCUT2D eigenvalue weighted by Gasteiger charge is -2.23. The standard InChI is InChI=1S/C22H23BrN4O.2ClH/c23-18-8-6-17(7-9-18)21-16-27-20-5-2-1-4-19(20)24-22(27)26(21)11-3-10-25-12-14-28-15-13-25;;/h1-2,4-9,16H,3,10-15H2;2*1H. The number of fused-ring (bicyclic) bond motifs is 3. The second-order valence-electron chi connectivity index (χ2n) is 7.47. The quantitative estimate of drug-likeness (QED) is 0.268. The van der Waals surface area contributed by atoms with Crippen LogP contribution in [-0.2, 0) is 11.3 Å². The summed E-state index contributed by atoms with van der Waals surface area (Å²) in [6, 6.07) is 17.1. The minimum atomic E-state index is 0. The van der Waals surface area contributed by atoms with E-state index in [1.54, 1.807) is 4.90 Å². The molecule has 2 aromatic carbocycles. The van der Waals surface area contributed by atoms with Gasteiger partial charge in [0.05, 0.1) is 26.3 Å². The molecule has 5 rings (SSSR count). The average Bonchev–Trinajstić information content (AvgIpc) is 3.26. The second-order valence-corrected chi connectivity index (χ2v) is 8.39. The van der Waals surface area contributed by atoms with Gasteiger partial charge in [0.2, 0.25) is 0 Å². The Bertz CT molecular complexity index is 1100. The molecule has 1 aliphatic heterocycles. The lowest BCUT2D eigenvalue weighted by atomic mass is 10.1. The number of H-pyrrole nitrogens is 1. The van der Waals surface area contributed by atoms with E-state index in [-0.39, 0.29) is 24.8 Å². The van der Waals surface area contributed by atoms with Crippen LogP contribution in [0.2, 0.25) is 0 Å². The van der Waals surface area contributed by atoms with Crippen molar-refractivity contribution >= 4 is 32.7 Å². The third kappa shape index (κ3) is 4.53. The Morgan fingerprint density at radius 1 is 1.03 bits per heavy atom. The Labute approximate surface area is 197 Å². The molecule has 0 saturated carbocycles. The van der Waals surface area contributed by atoms with Crippen LogP contribution in [0.5, 0.6) is 0 Å². The van der Waals surface area contributed by atoms with E-state index < -0.39 is 0 Å². The van der Waals surface area contributed by atoms with Gasteiger partial charge in [-0.05, 0) is 24.3 Å². The number of aryl methyl sites for hydroxylation is 1. The maximum absolute atomic E-state index is 5.49. The molecule has 5 nitrogen and oxygen atoms in total. The van der Waals surface area contributed by atoms with E-state index in [1.807, 2.05) is 0 Å². The number of aromatic amines is 1. The van der Waals surface area contributed by atoms with Gasteiger partial charge in [-0.25, -0.2) is 9.55 Å². The molecule has 0 aliphatic carbocycles. The number of para-hydroxylation sites is 2. The van der Waals surface area contributed by atoms with Crippen molar-refractivity contribution in [3.63, 3.8) is 0 Å². The maximum atomic E-state index is 5.49. The normalized spacial score (nSPS) is 14.6. The van der Waals surface area contributed by atoms with Gasteiger partial charge >= 0.3 is 5.78 Å². The summed E-state index contributed by atoms with van der Waals surface area (Å²) in [7, 11) is 0. The van der Waals surface area contributed by atoms with Crippen molar-refractivity contribution in [2.45, 2.75) is 13.0 Å². The molecule has 160 valence electrons. The zero-order valence-electron chi connectivity index (χ0n) is 16.6. The SMILES string of the molecule is Brc1ccc(-c2c[n+]3c4ccccc4[nH]c3n2CCC[NH+]2CCOCC2)cc1.[Cl-].[Cl-]. The molecule has 8 heteroatoms. The smallest absolute Gasteiger partial charge is 0.368 e. The molecule has 0 spiro atoms. The molecule has 0 radical (unpaired) electrons. The van der Waals surface area contributed by atoms with E-state index in [2.05, 4.69) is 84.6 Å². The van der Waals surface area contributed by atoms with Gasteiger partial charge in [-0.15, -0.1) is 0 Å². The maximum Gasteiger partial charge on any atom is 0.368 e. The summed E-state index contributed by atoms with van der Waals surface area (Å²) < 4.78 is 11.3. The summed E-state index contributed by atoms with van der Waals surface area (Å²) in [6.45, 7) is 6.23.